The molecule has 0 heterocycles. The molecule has 3 rings (SSSR count). The molecule has 106 valence electrons. The Labute approximate surface area is 125 Å². The van der Waals surface area contributed by atoms with Gasteiger partial charge in [0.25, 0.3) is 0 Å². The van der Waals surface area contributed by atoms with Crippen LogP contribution in [0.3, 0.4) is 0 Å². The van der Waals surface area contributed by atoms with E-state index < -0.39 is 22.5 Å². The highest BCUT2D eigenvalue weighted by Gasteiger charge is 2.14. The fourth-order valence-corrected chi connectivity index (χ4v) is 4.61. The van der Waals surface area contributed by atoms with Crippen LogP contribution in [0.5, 0.6) is 0 Å². The van der Waals surface area contributed by atoms with Crippen molar-refractivity contribution in [2.75, 3.05) is 0 Å². The molecule has 0 aliphatic rings. The zero-order valence-corrected chi connectivity index (χ0v) is 12.1. The Balaban J connectivity index is 2.17. The third-order valence-electron chi connectivity index (χ3n) is 3.13. The highest BCUT2D eigenvalue weighted by molar-refractivity contribution is 8.17. The first-order valence-corrected chi connectivity index (χ1v) is 7.94. The van der Waals surface area contributed by atoms with Gasteiger partial charge in [-0.3, -0.25) is 0 Å². The Bertz CT molecular complexity index is 667. The number of hydrogen-bond donors (Lipinski definition) is 1. The average molecular weight is 300 g/mol. The van der Waals surface area contributed by atoms with Gasteiger partial charge in [0.15, 0.2) is 0 Å². The van der Waals surface area contributed by atoms with Gasteiger partial charge in [0.2, 0.25) is 0 Å². The topological polar surface area (TPSA) is 0 Å². The SMILES string of the molecule is Fc1cc(F)cc([SH](c2ccccc2)c2ccccc2)c1. The largest absolute Gasteiger partial charge is 0.207 e. The zero-order valence-electron chi connectivity index (χ0n) is 11.2. The van der Waals surface area contributed by atoms with Crippen LogP contribution in [0.1, 0.15) is 0 Å². The second-order valence-electron chi connectivity index (χ2n) is 4.63. The van der Waals surface area contributed by atoms with Gasteiger partial charge in [0.05, 0.1) is 0 Å². The molecule has 0 fully saturated rings. The lowest BCUT2D eigenvalue weighted by molar-refractivity contribution is 0.577. The summed E-state index contributed by atoms with van der Waals surface area (Å²) in [5, 5.41) is 0. The van der Waals surface area contributed by atoms with E-state index in [1.54, 1.807) is 0 Å². The number of thiol groups is 1. The molecule has 0 saturated carbocycles. The van der Waals surface area contributed by atoms with Gasteiger partial charge in [-0.1, -0.05) is 36.4 Å². The molecule has 0 radical (unpaired) electrons. The van der Waals surface area contributed by atoms with Crippen LogP contribution in [-0.4, -0.2) is 0 Å². The fourth-order valence-electron chi connectivity index (χ4n) is 2.27. The molecule has 0 amide bonds. The van der Waals surface area contributed by atoms with E-state index in [1.165, 1.54) is 12.1 Å². The minimum absolute atomic E-state index is 0.538. The molecule has 0 saturated heterocycles. The molecule has 0 bridgehead atoms. The van der Waals surface area contributed by atoms with Crippen LogP contribution in [0, 0.1) is 11.6 Å². The standard InChI is InChI=1S/C18H14F2S/c19-14-11-15(20)13-18(12-14)21(16-7-3-1-4-8-16)17-9-5-2-6-10-17/h1-13,21H. The van der Waals surface area contributed by atoms with Gasteiger partial charge >= 0.3 is 0 Å². The summed E-state index contributed by atoms with van der Waals surface area (Å²) in [5.41, 5.74) is 0. The van der Waals surface area contributed by atoms with Crippen LogP contribution >= 0.6 is 10.9 Å². The van der Waals surface area contributed by atoms with Gasteiger partial charge in [-0.2, -0.15) is 10.9 Å². The lowest BCUT2D eigenvalue weighted by atomic mass is 10.3. The highest BCUT2D eigenvalue weighted by Crippen LogP contribution is 2.51. The summed E-state index contributed by atoms with van der Waals surface area (Å²) >= 11 is 0. The van der Waals surface area contributed by atoms with E-state index >= 15 is 0 Å². The van der Waals surface area contributed by atoms with Gasteiger partial charge in [-0.05, 0) is 46.2 Å². The van der Waals surface area contributed by atoms with Crippen LogP contribution in [0.15, 0.2) is 93.5 Å². The molecule has 0 unspecified atom stereocenters. The monoisotopic (exact) mass is 300 g/mol. The molecular formula is C18H14F2S. The van der Waals surface area contributed by atoms with E-state index in [9.17, 15) is 8.78 Å². The van der Waals surface area contributed by atoms with Crippen LogP contribution in [0.25, 0.3) is 0 Å². The molecule has 3 aromatic carbocycles. The fraction of sp³-hybridized carbons (Fsp3) is 0. The molecular weight excluding hydrogens is 286 g/mol. The maximum Gasteiger partial charge on any atom is 0.127 e. The predicted molar refractivity (Wildman–Crippen MR) is 83.0 cm³/mol. The van der Waals surface area contributed by atoms with Crippen LogP contribution in [0.2, 0.25) is 0 Å². The number of rotatable bonds is 3. The van der Waals surface area contributed by atoms with Crippen LogP contribution in [0.4, 0.5) is 8.78 Å². The normalized spacial score (nSPS) is 11.2. The third-order valence-corrected chi connectivity index (χ3v) is 5.54. The molecule has 0 nitrogen and oxygen atoms in total. The summed E-state index contributed by atoms with van der Waals surface area (Å²) < 4.78 is 27.2. The zero-order chi connectivity index (χ0) is 14.7. The Morgan fingerprint density at radius 1 is 0.524 bits per heavy atom. The Morgan fingerprint density at radius 3 is 1.38 bits per heavy atom. The van der Waals surface area contributed by atoms with E-state index in [0.717, 1.165) is 15.9 Å². The molecule has 21 heavy (non-hydrogen) atoms. The van der Waals surface area contributed by atoms with Crippen molar-refractivity contribution in [2.45, 2.75) is 14.7 Å². The lowest BCUT2D eigenvalue weighted by Gasteiger charge is -2.23. The van der Waals surface area contributed by atoms with E-state index in [-0.39, 0.29) is 0 Å². The Morgan fingerprint density at radius 2 is 0.952 bits per heavy atom. The summed E-state index contributed by atoms with van der Waals surface area (Å²) in [4.78, 5) is 2.83. The highest BCUT2D eigenvalue weighted by atomic mass is 32.2. The van der Waals surface area contributed by atoms with Gasteiger partial charge < -0.3 is 0 Å². The average Bonchev–Trinajstić information content (AvgIpc) is 2.49. The second kappa shape index (κ2) is 6.10. The second-order valence-corrected chi connectivity index (χ2v) is 6.85. The van der Waals surface area contributed by atoms with Crippen LogP contribution in [-0.2, 0) is 0 Å². The molecule has 3 aromatic rings. The maximum atomic E-state index is 13.6. The number of halogens is 2. The quantitative estimate of drug-likeness (QED) is 0.611. The van der Waals surface area contributed by atoms with Crippen molar-refractivity contribution in [1.29, 1.82) is 0 Å². The molecule has 0 N–H and O–H groups in total. The summed E-state index contributed by atoms with van der Waals surface area (Å²) in [5.74, 6) is -1.08. The van der Waals surface area contributed by atoms with E-state index in [1.807, 2.05) is 60.7 Å². The van der Waals surface area contributed by atoms with Gasteiger partial charge in [0, 0.05) is 11.0 Å². The first-order chi connectivity index (χ1) is 10.2. The molecule has 0 aromatic heterocycles. The smallest absolute Gasteiger partial charge is 0.127 e. The predicted octanol–water partition coefficient (Wildman–Crippen LogP) is 5.44. The van der Waals surface area contributed by atoms with Gasteiger partial charge in [0.1, 0.15) is 11.6 Å². The minimum atomic E-state index is -0.958. The summed E-state index contributed by atoms with van der Waals surface area (Å²) in [6, 6.07) is 23.4. The van der Waals surface area contributed by atoms with Crippen molar-refractivity contribution in [3.8, 4) is 0 Å². The van der Waals surface area contributed by atoms with E-state index in [2.05, 4.69) is 0 Å². The molecule has 0 atom stereocenters. The molecule has 0 aliphatic carbocycles. The van der Waals surface area contributed by atoms with Crippen molar-refractivity contribution in [3.05, 3.63) is 90.5 Å². The molecule has 3 heteroatoms. The summed E-state index contributed by atoms with van der Waals surface area (Å²) in [6.07, 6.45) is 0. The third kappa shape index (κ3) is 3.14. The van der Waals surface area contributed by atoms with Gasteiger partial charge in [-0.25, -0.2) is 8.78 Å². The molecule has 0 aliphatic heterocycles. The first kappa shape index (κ1) is 13.8. The summed E-state index contributed by atoms with van der Waals surface area (Å²) in [6.45, 7) is 0. The van der Waals surface area contributed by atoms with E-state index in [0.29, 0.717) is 4.90 Å². The van der Waals surface area contributed by atoms with Crippen molar-refractivity contribution in [1.82, 2.24) is 0 Å². The first-order valence-electron chi connectivity index (χ1n) is 6.60. The van der Waals surface area contributed by atoms with E-state index in [4.69, 9.17) is 0 Å². The Hall–Kier alpha value is -2.13. The van der Waals surface area contributed by atoms with Gasteiger partial charge in [-0.15, -0.1) is 0 Å². The number of hydrogen-bond acceptors (Lipinski definition) is 0. The minimum Gasteiger partial charge on any atom is -0.207 e. The van der Waals surface area contributed by atoms with Crippen molar-refractivity contribution in [2.24, 2.45) is 0 Å². The number of benzene rings is 3. The van der Waals surface area contributed by atoms with Crippen molar-refractivity contribution >= 4 is 10.9 Å². The lowest BCUT2D eigenvalue weighted by Crippen LogP contribution is -1.90. The maximum absolute atomic E-state index is 13.6. The van der Waals surface area contributed by atoms with Crippen molar-refractivity contribution < 1.29 is 8.78 Å². The van der Waals surface area contributed by atoms with Crippen LogP contribution < -0.4 is 0 Å². The molecule has 0 spiro atoms. The Kier molecular flexibility index (Phi) is 4.02. The summed E-state index contributed by atoms with van der Waals surface area (Å²) in [7, 11) is -0.958. The van der Waals surface area contributed by atoms with Crippen molar-refractivity contribution in [3.63, 3.8) is 0 Å².